The summed E-state index contributed by atoms with van der Waals surface area (Å²) >= 11 is 0. The Bertz CT molecular complexity index is 827. The largest absolute Gasteiger partial charge is 0.481 e. The van der Waals surface area contributed by atoms with E-state index >= 15 is 0 Å². The first kappa shape index (κ1) is 19.4. The number of carbonyl (C=O) groups is 2. The Labute approximate surface area is 160 Å². The van der Waals surface area contributed by atoms with Crippen molar-refractivity contribution < 1.29 is 14.7 Å². The molecule has 27 heavy (non-hydrogen) atoms. The average molecular weight is 371 g/mol. The van der Waals surface area contributed by atoms with E-state index in [4.69, 9.17) is 5.11 Å². The molecule has 1 amide bonds. The predicted molar refractivity (Wildman–Crippen MR) is 106 cm³/mol. The molecule has 0 unspecified atom stereocenters. The molecule has 0 radical (unpaired) electrons. The third-order valence-electron chi connectivity index (χ3n) is 5.76. The summed E-state index contributed by atoms with van der Waals surface area (Å²) in [5.41, 5.74) is 2.18. The molecule has 0 aliphatic carbocycles. The van der Waals surface area contributed by atoms with E-state index in [0.29, 0.717) is 25.4 Å². The lowest BCUT2D eigenvalue weighted by atomic mass is 9.87. The maximum atomic E-state index is 13.0. The zero-order valence-electron chi connectivity index (χ0n) is 16.4. The van der Waals surface area contributed by atoms with Crippen LogP contribution in [0.4, 0.5) is 0 Å². The maximum Gasteiger partial charge on any atom is 0.303 e. The SMILES string of the molecule is CN(C)[C@H]1CCN(C(=O)Cc2cn(C)c3ccccc23)C[C@H]1CCC(=O)O. The van der Waals surface area contributed by atoms with Crippen molar-refractivity contribution in [1.29, 1.82) is 0 Å². The number of hydrogen-bond donors (Lipinski definition) is 1. The number of hydrogen-bond acceptors (Lipinski definition) is 3. The van der Waals surface area contributed by atoms with Gasteiger partial charge in [-0.25, -0.2) is 0 Å². The van der Waals surface area contributed by atoms with Crippen LogP contribution >= 0.6 is 0 Å². The van der Waals surface area contributed by atoms with Gasteiger partial charge in [-0.05, 0) is 44.5 Å². The number of likely N-dealkylation sites (tertiary alicyclic amines) is 1. The van der Waals surface area contributed by atoms with E-state index in [1.54, 1.807) is 0 Å². The highest BCUT2D eigenvalue weighted by molar-refractivity contribution is 5.89. The molecule has 1 aliphatic rings. The molecule has 146 valence electrons. The summed E-state index contributed by atoms with van der Waals surface area (Å²) < 4.78 is 2.06. The van der Waals surface area contributed by atoms with Crippen LogP contribution in [-0.4, -0.2) is 64.6 Å². The van der Waals surface area contributed by atoms with Crippen molar-refractivity contribution in [2.75, 3.05) is 27.2 Å². The molecule has 1 aliphatic heterocycles. The molecule has 1 aromatic carbocycles. The Hall–Kier alpha value is -2.34. The molecule has 0 saturated carbocycles. The van der Waals surface area contributed by atoms with Crippen LogP contribution in [0.1, 0.15) is 24.8 Å². The quantitative estimate of drug-likeness (QED) is 0.847. The first-order chi connectivity index (χ1) is 12.9. The van der Waals surface area contributed by atoms with Gasteiger partial charge < -0.3 is 19.5 Å². The number of nitrogens with zero attached hydrogens (tertiary/aromatic N) is 3. The number of benzene rings is 1. The van der Waals surface area contributed by atoms with Gasteiger partial charge in [-0.1, -0.05) is 18.2 Å². The van der Waals surface area contributed by atoms with E-state index in [0.717, 1.165) is 29.4 Å². The predicted octanol–water partition coefficient (Wildman–Crippen LogP) is 2.36. The Morgan fingerprint density at radius 3 is 2.70 bits per heavy atom. The summed E-state index contributed by atoms with van der Waals surface area (Å²) in [7, 11) is 6.07. The molecule has 1 saturated heterocycles. The van der Waals surface area contributed by atoms with Gasteiger partial charge >= 0.3 is 5.97 Å². The molecule has 6 nitrogen and oxygen atoms in total. The monoisotopic (exact) mass is 371 g/mol. The van der Waals surface area contributed by atoms with E-state index < -0.39 is 5.97 Å². The Kier molecular flexibility index (Phi) is 5.85. The standard InChI is InChI=1S/C21H29N3O3/c1-22(2)18-10-11-24(14-15(18)8-9-21(26)27)20(25)12-16-13-23(3)19-7-5-4-6-17(16)19/h4-7,13,15,18H,8-12,14H2,1-3H3,(H,26,27)/t15-,18+/m1/s1. The molecule has 2 atom stereocenters. The number of aliphatic carboxylic acids is 1. The molecule has 1 N–H and O–H groups in total. The number of piperidine rings is 1. The number of carbonyl (C=O) groups excluding carboxylic acids is 1. The topological polar surface area (TPSA) is 65.8 Å². The summed E-state index contributed by atoms with van der Waals surface area (Å²) in [6.45, 7) is 1.37. The van der Waals surface area contributed by atoms with Gasteiger partial charge in [-0.2, -0.15) is 0 Å². The van der Waals surface area contributed by atoms with E-state index in [1.807, 2.05) is 44.4 Å². The van der Waals surface area contributed by atoms with Crippen molar-refractivity contribution >= 4 is 22.8 Å². The third kappa shape index (κ3) is 4.33. The summed E-state index contributed by atoms with van der Waals surface area (Å²) in [6.07, 6.45) is 4.08. The first-order valence-corrected chi connectivity index (χ1v) is 9.55. The number of amides is 1. The second kappa shape index (κ2) is 8.13. The van der Waals surface area contributed by atoms with Crippen molar-refractivity contribution in [3.63, 3.8) is 0 Å². The fourth-order valence-electron chi connectivity index (χ4n) is 4.36. The number of para-hydroxylation sites is 1. The van der Waals surface area contributed by atoms with Gasteiger partial charge in [0.25, 0.3) is 0 Å². The lowest BCUT2D eigenvalue weighted by Crippen LogP contribution is -2.51. The van der Waals surface area contributed by atoms with Gasteiger partial charge in [-0.3, -0.25) is 9.59 Å². The van der Waals surface area contributed by atoms with Crippen LogP contribution in [-0.2, 0) is 23.1 Å². The maximum absolute atomic E-state index is 13.0. The van der Waals surface area contributed by atoms with Gasteiger partial charge in [0, 0.05) is 49.7 Å². The molecule has 3 rings (SSSR count). The third-order valence-corrected chi connectivity index (χ3v) is 5.76. The molecule has 6 heteroatoms. The minimum absolute atomic E-state index is 0.129. The van der Waals surface area contributed by atoms with Crippen LogP contribution in [0.3, 0.4) is 0 Å². The lowest BCUT2D eigenvalue weighted by Gasteiger charge is -2.41. The second-order valence-electron chi connectivity index (χ2n) is 7.81. The van der Waals surface area contributed by atoms with Crippen molar-refractivity contribution in [3.8, 4) is 0 Å². The Morgan fingerprint density at radius 2 is 2.00 bits per heavy atom. The van der Waals surface area contributed by atoms with Crippen LogP contribution in [0.5, 0.6) is 0 Å². The molecule has 2 heterocycles. The molecule has 1 aromatic heterocycles. The van der Waals surface area contributed by atoms with Crippen LogP contribution in [0.25, 0.3) is 10.9 Å². The molecule has 0 spiro atoms. The fourth-order valence-corrected chi connectivity index (χ4v) is 4.36. The second-order valence-corrected chi connectivity index (χ2v) is 7.81. The number of fused-ring (bicyclic) bond motifs is 1. The highest BCUT2D eigenvalue weighted by Crippen LogP contribution is 2.27. The lowest BCUT2D eigenvalue weighted by molar-refractivity contribution is -0.137. The van der Waals surface area contributed by atoms with Gasteiger partial charge in [0.05, 0.1) is 6.42 Å². The van der Waals surface area contributed by atoms with E-state index in [2.05, 4.69) is 21.6 Å². The molecule has 1 fully saturated rings. The first-order valence-electron chi connectivity index (χ1n) is 9.55. The van der Waals surface area contributed by atoms with Crippen molar-refractivity contribution in [3.05, 3.63) is 36.0 Å². The summed E-state index contributed by atoms with van der Waals surface area (Å²) in [4.78, 5) is 28.1. The highest BCUT2D eigenvalue weighted by atomic mass is 16.4. The molecular formula is C21H29N3O3. The number of aryl methyl sites for hydroxylation is 1. The van der Waals surface area contributed by atoms with Crippen molar-refractivity contribution in [1.82, 2.24) is 14.4 Å². The zero-order valence-corrected chi connectivity index (χ0v) is 16.4. The Balaban J connectivity index is 1.71. The van der Waals surface area contributed by atoms with Crippen LogP contribution in [0, 0.1) is 5.92 Å². The highest BCUT2D eigenvalue weighted by Gasteiger charge is 2.32. The van der Waals surface area contributed by atoms with E-state index in [1.165, 1.54) is 0 Å². The number of aromatic nitrogens is 1. The average Bonchev–Trinajstić information content (AvgIpc) is 2.95. The summed E-state index contributed by atoms with van der Waals surface area (Å²) in [5.74, 6) is -0.447. The van der Waals surface area contributed by atoms with Crippen molar-refractivity contribution in [2.45, 2.75) is 31.7 Å². The fraction of sp³-hybridized carbons (Fsp3) is 0.524. The van der Waals surface area contributed by atoms with Gasteiger partial charge in [-0.15, -0.1) is 0 Å². The summed E-state index contributed by atoms with van der Waals surface area (Å²) in [5, 5.41) is 10.2. The minimum atomic E-state index is -0.772. The molecule has 0 bridgehead atoms. The number of rotatable bonds is 6. The summed E-state index contributed by atoms with van der Waals surface area (Å²) in [6, 6.07) is 8.46. The normalized spacial score (nSPS) is 20.4. The van der Waals surface area contributed by atoms with E-state index in [-0.39, 0.29) is 18.2 Å². The molecule has 2 aromatic rings. The van der Waals surface area contributed by atoms with Gasteiger partial charge in [0.1, 0.15) is 0 Å². The Morgan fingerprint density at radius 1 is 1.26 bits per heavy atom. The van der Waals surface area contributed by atoms with Gasteiger partial charge in [0.15, 0.2) is 0 Å². The van der Waals surface area contributed by atoms with Crippen LogP contribution in [0.15, 0.2) is 30.5 Å². The number of carboxylic acids is 1. The van der Waals surface area contributed by atoms with Crippen LogP contribution < -0.4 is 0 Å². The smallest absolute Gasteiger partial charge is 0.303 e. The zero-order chi connectivity index (χ0) is 19.6. The van der Waals surface area contributed by atoms with E-state index in [9.17, 15) is 9.59 Å². The van der Waals surface area contributed by atoms with Gasteiger partial charge in [0.2, 0.25) is 5.91 Å². The number of carboxylic acid groups (broad SMARTS) is 1. The van der Waals surface area contributed by atoms with Crippen LogP contribution in [0.2, 0.25) is 0 Å². The van der Waals surface area contributed by atoms with Crippen molar-refractivity contribution in [2.24, 2.45) is 13.0 Å². The minimum Gasteiger partial charge on any atom is -0.481 e. The molecular weight excluding hydrogens is 342 g/mol.